The Balaban J connectivity index is 6.55. The summed E-state index contributed by atoms with van der Waals surface area (Å²) < 4.78 is 8.62. The van der Waals surface area contributed by atoms with E-state index in [9.17, 15) is 0 Å². The number of hydrogen-bond acceptors (Lipinski definition) is 2. The van der Waals surface area contributed by atoms with E-state index in [0.717, 1.165) is 0 Å². The van der Waals surface area contributed by atoms with Gasteiger partial charge in [0, 0.05) is 0 Å². The van der Waals surface area contributed by atoms with E-state index in [-0.39, 0.29) is 0 Å². The van der Waals surface area contributed by atoms with E-state index in [2.05, 4.69) is 118 Å². The molecule has 0 heterocycles. The van der Waals surface area contributed by atoms with Crippen molar-refractivity contribution < 1.29 is 0 Å². The fourth-order valence-corrected chi connectivity index (χ4v) is 28.9. The minimum absolute atomic E-state index is 0.324. The molecule has 0 atom stereocenters. The van der Waals surface area contributed by atoms with Crippen LogP contribution >= 0.6 is 0 Å². The van der Waals surface area contributed by atoms with E-state index in [1.54, 1.807) is 0 Å². The fraction of sp³-hybridized carbons (Fsp3) is 0.947. The number of rotatable bonds is 8. The van der Waals surface area contributed by atoms with Gasteiger partial charge in [0.15, 0.2) is 0 Å². The molecule has 0 N–H and O–H groups in total. The van der Waals surface area contributed by atoms with Crippen LogP contribution < -0.4 is 0 Å². The van der Waals surface area contributed by atoms with Crippen molar-refractivity contribution in [1.29, 1.82) is 0 Å². The molecular formula is C19H50GeN4Si4. The third-order valence-electron chi connectivity index (χ3n) is 4.20. The van der Waals surface area contributed by atoms with Gasteiger partial charge in [0.2, 0.25) is 0 Å². The molecule has 9 heteroatoms. The van der Waals surface area contributed by atoms with Crippen LogP contribution in [0.4, 0.5) is 0 Å². The predicted molar refractivity (Wildman–Crippen MR) is 142 cm³/mol. The van der Waals surface area contributed by atoms with Gasteiger partial charge in [-0.2, -0.15) is 0 Å². The second kappa shape index (κ2) is 9.84. The third kappa shape index (κ3) is 8.79. The molecule has 0 amide bonds. The molecule has 0 bridgehead atoms. The van der Waals surface area contributed by atoms with Crippen LogP contribution in [0.15, 0.2) is 4.99 Å². The Morgan fingerprint density at radius 2 is 1.00 bits per heavy atom. The maximum atomic E-state index is 5.32. The van der Waals surface area contributed by atoms with Gasteiger partial charge >= 0.3 is 189 Å². The molecule has 0 aliphatic heterocycles. The Morgan fingerprint density at radius 3 is 1.21 bits per heavy atom. The van der Waals surface area contributed by atoms with Gasteiger partial charge in [-0.25, -0.2) is 0 Å². The molecule has 0 fully saturated rings. The first-order chi connectivity index (χ1) is 12.1. The van der Waals surface area contributed by atoms with Crippen LogP contribution in [0.3, 0.4) is 0 Å². The first kappa shape index (κ1) is 28.6. The molecule has 0 aliphatic rings. The number of guanidine groups is 1. The molecule has 28 heavy (non-hydrogen) atoms. The van der Waals surface area contributed by atoms with E-state index >= 15 is 0 Å². The SMILES string of the molecule is CC(C)N=C([N]([Ge][N]([Si](C)(C)C)[Si](C)(C)C)C(C)C)N([Si](C)(C)C)[Si](C)(C)C. The van der Waals surface area contributed by atoms with Gasteiger partial charge in [0.1, 0.15) is 0 Å². The van der Waals surface area contributed by atoms with E-state index in [0.29, 0.717) is 12.1 Å². The summed E-state index contributed by atoms with van der Waals surface area (Å²) in [5.74, 6) is 1.32. The van der Waals surface area contributed by atoms with Crippen molar-refractivity contribution in [3.05, 3.63) is 0 Å². The molecule has 0 aromatic heterocycles. The van der Waals surface area contributed by atoms with Crippen molar-refractivity contribution in [2.24, 2.45) is 4.99 Å². The van der Waals surface area contributed by atoms with E-state index in [1.807, 2.05) is 0 Å². The summed E-state index contributed by atoms with van der Waals surface area (Å²) in [5.41, 5.74) is 0. The monoisotopic (exact) mass is 520 g/mol. The Kier molecular flexibility index (Phi) is 10.1. The van der Waals surface area contributed by atoms with E-state index < -0.39 is 48.8 Å². The van der Waals surface area contributed by atoms with Crippen molar-refractivity contribution >= 4 is 54.8 Å². The summed E-state index contributed by atoms with van der Waals surface area (Å²) in [6.45, 7) is 39.4. The molecule has 0 aromatic rings. The predicted octanol–water partition coefficient (Wildman–Crippen LogP) is 5.94. The molecular weight excluding hydrogens is 469 g/mol. The summed E-state index contributed by atoms with van der Waals surface area (Å²) in [7, 11) is -5.88. The average molecular weight is 520 g/mol. The van der Waals surface area contributed by atoms with Gasteiger partial charge in [0.25, 0.3) is 0 Å². The normalized spacial score (nSPS) is 15.0. The molecule has 4 nitrogen and oxygen atoms in total. The van der Waals surface area contributed by atoms with Crippen molar-refractivity contribution in [3.8, 4) is 0 Å². The van der Waals surface area contributed by atoms with E-state index in [1.165, 1.54) is 5.96 Å². The number of hydrogen-bond donors (Lipinski definition) is 0. The van der Waals surface area contributed by atoms with Gasteiger partial charge in [-0.05, 0) is 0 Å². The van der Waals surface area contributed by atoms with Crippen LogP contribution in [-0.2, 0) is 0 Å². The summed E-state index contributed by atoms with van der Waals surface area (Å²) in [6.07, 6.45) is 0. The molecule has 0 unspecified atom stereocenters. The Morgan fingerprint density at radius 1 is 0.643 bits per heavy atom. The van der Waals surface area contributed by atoms with Crippen molar-refractivity contribution in [2.45, 2.75) is 118 Å². The summed E-state index contributed by atoms with van der Waals surface area (Å²) in [6, 6.07) is 0.813. The second-order valence-electron chi connectivity index (χ2n) is 12.4. The van der Waals surface area contributed by atoms with E-state index in [4.69, 9.17) is 4.99 Å². The number of aliphatic imine (C=N–C) groups is 1. The summed E-state index contributed by atoms with van der Waals surface area (Å²) >= 11 is -0.442. The van der Waals surface area contributed by atoms with Crippen LogP contribution in [0.25, 0.3) is 0 Å². The quantitative estimate of drug-likeness (QED) is 0.225. The van der Waals surface area contributed by atoms with Gasteiger partial charge in [-0.3, -0.25) is 0 Å². The van der Waals surface area contributed by atoms with Crippen LogP contribution in [0, 0.1) is 0 Å². The van der Waals surface area contributed by atoms with Crippen molar-refractivity contribution in [3.63, 3.8) is 0 Å². The van der Waals surface area contributed by atoms with Gasteiger partial charge < -0.3 is 0 Å². The van der Waals surface area contributed by atoms with Crippen LogP contribution in [0.5, 0.6) is 0 Å². The first-order valence-corrected chi connectivity index (χ1v) is 26.5. The zero-order chi connectivity index (χ0) is 22.9. The summed E-state index contributed by atoms with van der Waals surface area (Å²) in [5, 5.41) is 0. The molecule has 0 rings (SSSR count). The molecule has 0 saturated carbocycles. The molecule has 2 radical (unpaired) electrons. The Labute approximate surface area is 188 Å². The third-order valence-corrected chi connectivity index (χ3v) is 29.9. The Hall–Kier alpha value is 0.640. The average Bonchev–Trinajstić information content (AvgIpc) is 2.30. The first-order valence-electron chi connectivity index (χ1n) is 10.8. The zero-order valence-corrected chi connectivity index (χ0v) is 28.0. The van der Waals surface area contributed by atoms with Crippen LogP contribution in [0.2, 0.25) is 78.6 Å². The second-order valence-corrected chi connectivity index (χ2v) is 36.7. The molecule has 0 spiro atoms. The molecule has 0 aliphatic carbocycles. The molecule has 166 valence electrons. The van der Waals surface area contributed by atoms with Crippen LogP contribution in [-0.4, -0.2) is 78.1 Å². The standard InChI is InChI=1S/C19H50GeN4Si4/c1-17(2)21-19(23(25(5,6)7)26(8,9)10)22(18(3)4)20-24(27(11,12)13)28(14,15)16/h17-18H,1-16H3. The van der Waals surface area contributed by atoms with Gasteiger partial charge in [-0.15, -0.1) is 0 Å². The molecule has 0 saturated heterocycles. The Bertz CT molecular complexity index is 498. The minimum atomic E-state index is -1.56. The fourth-order valence-electron chi connectivity index (χ4n) is 3.87. The van der Waals surface area contributed by atoms with Crippen molar-refractivity contribution in [2.75, 3.05) is 0 Å². The zero-order valence-electron chi connectivity index (χ0n) is 21.9. The summed E-state index contributed by atoms with van der Waals surface area (Å²) in [4.78, 5) is 5.32. The maximum absolute atomic E-state index is 5.32. The van der Waals surface area contributed by atoms with Gasteiger partial charge in [-0.1, -0.05) is 0 Å². The van der Waals surface area contributed by atoms with Gasteiger partial charge in [0.05, 0.1) is 0 Å². The van der Waals surface area contributed by atoms with Crippen LogP contribution in [0.1, 0.15) is 27.7 Å². The number of nitrogens with zero attached hydrogens (tertiary/aromatic N) is 4. The van der Waals surface area contributed by atoms with Crippen molar-refractivity contribution in [1.82, 2.24) is 11.3 Å². The molecule has 0 aromatic carbocycles. The topological polar surface area (TPSA) is 22.1 Å².